The summed E-state index contributed by atoms with van der Waals surface area (Å²) in [5.41, 5.74) is 8.11. The molecule has 0 atom stereocenters. The molecule has 0 amide bonds. The van der Waals surface area contributed by atoms with Crippen LogP contribution < -0.4 is 10.5 Å². The van der Waals surface area contributed by atoms with E-state index in [0.717, 1.165) is 29.4 Å². The molecule has 106 valence electrons. The molecule has 2 aromatic rings. The second-order valence-electron chi connectivity index (χ2n) is 4.72. The van der Waals surface area contributed by atoms with Gasteiger partial charge in [-0.1, -0.05) is 6.07 Å². The third kappa shape index (κ3) is 4.46. The van der Waals surface area contributed by atoms with Gasteiger partial charge < -0.3 is 10.5 Å². The SMILES string of the molecule is Cc1ccc(OCCCSc2ccc(N)nc2)cc1C. The number of nitrogen functional groups attached to an aromatic ring is 1. The largest absolute Gasteiger partial charge is 0.494 e. The van der Waals surface area contributed by atoms with Crippen LogP contribution in [0.5, 0.6) is 5.75 Å². The molecule has 0 bridgehead atoms. The molecule has 1 heterocycles. The van der Waals surface area contributed by atoms with Gasteiger partial charge in [0.1, 0.15) is 11.6 Å². The number of rotatable bonds is 6. The molecule has 1 aromatic carbocycles. The summed E-state index contributed by atoms with van der Waals surface area (Å²) < 4.78 is 5.75. The number of hydrogen-bond acceptors (Lipinski definition) is 4. The number of hydrogen-bond donors (Lipinski definition) is 1. The molecule has 4 heteroatoms. The zero-order valence-corrected chi connectivity index (χ0v) is 12.7. The van der Waals surface area contributed by atoms with Crippen LogP contribution in [0.3, 0.4) is 0 Å². The fourth-order valence-corrected chi connectivity index (χ4v) is 2.51. The van der Waals surface area contributed by atoms with Gasteiger partial charge in [0.2, 0.25) is 0 Å². The second kappa shape index (κ2) is 7.20. The Morgan fingerprint density at radius 1 is 1.15 bits per heavy atom. The fourth-order valence-electron chi connectivity index (χ4n) is 1.72. The van der Waals surface area contributed by atoms with Crippen LogP contribution in [0.15, 0.2) is 41.4 Å². The van der Waals surface area contributed by atoms with Crippen molar-refractivity contribution in [1.29, 1.82) is 0 Å². The maximum atomic E-state index is 5.75. The number of aromatic nitrogens is 1. The molecular formula is C16H20N2OS. The normalized spacial score (nSPS) is 10.5. The number of aryl methyl sites for hydroxylation is 2. The van der Waals surface area contributed by atoms with Gasteiger partial charge in [-0.25, -0.2) is 4.98 Å². The Balaban J connectivity index is 1.68. The van der Waals surface area contributed by atoms with E-state index in [4.69, 9.17) is 10.5 Å². The summed E-state index contributed by atoms with van der Waals surface area (Å²) in [4.78, 5) is 5.21. The zero-order chi connectivity index (χ0) is 14.4. The van der Waals surface area contributed by atoms with Crippen molar-refractivity contribution in [2.75, 3.05) is 18.1 Å². The van der Waals surface area contributed by atoms with E-state index in [9.17, 15) is 0 Å². The summed E-state index contributed by atoms with van der Waals surface area (Å²) in [6.45, 7) is 4.94. The van der Waals surface area contributed by atoms with Crippen LogP contribution in [0.2, 0.25) is 0 Å². The highest BCUT2D eigenvalue weighted by Gasteiger charge is 1.98. The molecule has 1 aromatic heterocycles. The molecular weight excluding hydrogens is 268 g/mol. The number of anilines is 1. The maximum Gasteiger partial charge on any atom is 0.123 e. The minimum atomic E-state index is 0.562. The highest BCUT2D eigenvalue weighted by atomic mass is 32.2. The number of ether oxygens (including phenoxy) is 1. The average Bonchev–Trinajstić information content (AvgIpc) is 2.44. The first-order valence-electron chi connectivity index (χ1n) is 6.69. The number of nitrogens with zero attached hydrogens (tertiary/aromatic N) is 1. The standard InChI is InChI=1S/C16H20N2OS/c1-12-4-5-14(10-13(12)2)19-8-3-9-20-15-6-7-16(17)18-11-15/h4-7,10-11H,3,8-9H2,1-2H3,(H2,17,18). The van der Waals surface area contributed by atoms with Crippen molar-refractivity contribution in [3.63, 3.8) is 0 Å². The Kier molecular flexibility index (Phi) is 5.30. The fraction of sp³-hybridized carbons (Fsp3) is 0.312. The lowest BCUT2D eigenvalue weighted by molar-refractivity contribution is 0.318. The Morgan fingerprint density at radius 2 is 2.00 bits per heavy atom. The maximum absolute atomic E-state index is 5.75. The second-order valence-corrected chi connectivity index (χ2v) is 5.88. The summed E-state index contributed by atoms with van der Waals surface area (Å²) in [5.74, 6) is 2.52. The molecule has 0 aliphatic carbocycles. The summed E-state index contributed by atoms with van der Waals surface area (Å²) in [7, 11) is 0. The van der Waals surface area contributed by atoms with E-state index in [1.165, 1.54) is 11.1 Å². The van der Waals surface area contributed by atoms with Gasteiger partial charge >= 0.3 is 0 Å². The van der Waals surface area contributed by atoms with E-state index in [1.54, 1.807) is 11.8 Å². The van der Waals surface area contributed by atoms with Crippen molar-refractivity contribution < 1.29 is 4.74 Å². The van der Waals surface area contributed by atoms with E-state index < -0.39 is 0 Å². The Hall–Kier alpha value is -1.68. The first-order valence-corrected chi connectivity index (χ1v) is 7.68. The highest BCUT2D eigenvalue weighted by molar-refractivity contribution is 7.99. The molecule has 0 saturated carbocycles. The van der Waals surface area contributed by atoms with Crippen LogP contribution in [-0.2, 0) is 0 Å². The van der Waals surface area contributed by atoms with Crippen LogP contribution in [-0.4, -0.2) is 17.3 Å². The van der Waals surface area contributed by atoms with Crippen LogP contribution in [0.25, 0.3) is 0 Å². The van der Waals surface area contributed by atoms with Crippen molar-refractivity contribution in [2.45, 2.75) is 25.2 Å². The molecule has 0 fully saturated rings. The van der Waals surface area contributed by atoms with Gasteiger partial charge in [0.05, 0.1) is 6.61 Å². The van der Waals surface area contributed by atoms with Gasteiger partial charge in [-0.3, -0.25) is 0 Å². The van der Waals surface area contributed by atoms with Gasteiger partial charge in [0.15, 0.2) is 0 Å². The van der Waals surface area contributed by atoms with Gasteiger partial charge in [0.25, 0.3) is 0 Å². The van der Waals surface area contributed by atoms with E-state index in [2.05, 4.69) is 31.0 Å². The van der Waals surface area contributed by atoms with E-state index in [1.807, 2.05) is 24.4 Å². The third-order valence-corrected chi connectivity index (χ3v) is 4.13. The van der Waals surface area contributed by atoms with Crippen molar-refractivity contribution in [3.05, 3.63) is 47.7 Å². The number of nitrogens with two attached hydrogens (primary N) is 1. The lowest BCUT2D eigenvalue weighted by Gasteiger charge is -2.08. The van der Waals surface area contributed by atoms with E-state index >= 15 is 0 Å². The Morgan fingerprint density at radius 3 is 2.70 bits per heavy atom. The minimum Gasteiger partial charge on any atom is -0.494 e. The predicted octanol–water partition coefficient (Wildman–Crippen LogP) is 3.84. The first kappa shape index (κ1) is 14.7. The van der Waals surface area contributed by atoms with Crippen molar-refractivity contribution in [1.82, 2.24) is 4.98 Å². The monoisotopic (exact) mass is 288 g/mol. The van der Waals surface area contributed by atoms with Crippen molar-refractivity contribution in [2.24, 2.45) is 0 Å². The summed E-state index contributed by atoms with van der Waals surface area (Å²) in [5, 5.41) is 0. The molecule has 0 saturated heterocycles. The Labute approximate surface area is 124 Å². The van der Waals surface area contributed by atoms with E-state index in [-0.39, 0.29) is 0 Å². The van der Waals surface area contributed by atoms with Crippen LogP contribution >= 0.6 is 11.8 Å². The van der Waals surface area contributed by atoms with E-state index in [0.29, 0.717) is 5.82 Å². The zero-order valence-electron chi connectivity index (χ0n) is 11.9. The summed E-state index contributed by atoms with van der Waals surface area (Å²) >= 11 is 1.77. The topological polar surface area (TPSA) is 48.1 Å². The van der Waals surface area contributed by atoms with Crippen LogP contribution in [0.4, 0.5) is 5.82 Å². The molecule has 20 heavy (non-hydrogen) atoms. The first-order chi connectivity index (χ1) is 9.65. The lowest BCUT2D eigenvalue weighted by Crippen LogP contribution is -1.99. The minimum absolute atomic E-state index is 0.562. The molecule has 2 N–H and O–H groups in total. The van der Waals surface area contributed by atoms with Crippen molar-refractivity contribution in [3.8, 4) is 5.75 Å². The average molecular weight is 288 g/mol. The smallest absolute Gasteiger partial charge is 0.123 e. The molecule has 0 unspecified atom stereocenters. The van der Waals surface area contributed by atoms with Gasteiger partial charge in [-0.2, -0.15) is 0 Å². The van der Waals surface area contributed by atoms with Gasteiger partial charge in [-0.05, 0) is 55.7 Å². The highest BCUT2D eigenvalue weighted by Crippen LogP contribution is 2.19. The molecule has 2 rings (SSSR count). The molecule has 0 spiro atoms. The summed E-state index contributed by atoms with van der Waals surface area (Å²) in [6, 6.07) is 10.0. The lowest BCUT2D eigenvalue weighted by atomic mass is 10.1. The van der Waals surface area contributed by atoms with Crippen LogP contribution in [0.1, 0.15) is 17.5 Å². The summed E-state index contributed by atoms with van der Waals surface area (Å²) in [6.07, 6.45) is 2.81. The molecule has 3 nitrogen and oxygen atoms in total. The predicted molar refractivity (Wildman–Crippen MR) is 85.4 cm³/mol. The number of thioether (sulfide) groups is 1. The quantitative estimate of drug-likeness (QED) is 0.648. The third-order valence-electron chi connectivity index (χ3n) is 3.06. The van der Waals surface area contributed by atoms with Crippen LogP contribution in [0, 0.1) is 13.8 Å². The Bertz CT molecular complexity index is 555. The van der Waals surface area contributed by atoms with Crippen molar-refractivity contribution >= 4 is 17.6 Å². The molecule has 0 aliphatic rings. The number of pyridine rings is 1. The van der Waals surface area contributed by atoms with Gasteiger partial charge in [-0.15, -0.1) is 11.8 Å². The molecule has 0 aliphatic heterocycles. The number of benzene rings is 1. The molecule has 0 radical (unpaired) electrons. The van der Waals surface area contributed by atoms with Gasteiger partial charge in [0, 0.05) is 16.8 Å².